The number of esters is 1. The van der Waals surface area contributed by atoms with Crippen LogP contribution < -0.4 is 0 Å². The molecule has 72 valence electrons. The van der Waals surface area contributed by atoms with Crippen LogP contribution in [0.5, 0.6) is 0 Å². The molecule has 0 aromatic heterocycles. The average molecular weight is 235 g/mol. The minimum atomic E-state index is -0.321. The number of nitrogens with zero attached hydrogens (tertiary/aromatic N) is 1. The SMILES string of the molecule is C=C(C)C(=O)OC[N+](C)(C)C.[GeH4]. The van der Waals surface area contributed by atoms with E-state index in [4.69, 9.17) is 4.74 Å². The van der Waals surface area contributed by atoms with Crippen LogP contribution in [0.3, 0.4) is 0 Å². The summed E-state index contributed by atoms with van der Waals surface area (Å²) < 4.78 is 5.51. The van der Waals surface area contributed by atoms with Crippen LogP contribution in [-0.2, 0) is 9.53 Å². The normalized spacial score (nSPS) is 10.0. The van der Waals surface area contributed by atoms with Crippen LogP contribution in [0.2, 0.25) is 0 Å². The maximum atomic E-state index is 10.9. The van der Waals surface area contributed by atoms with Crippen LogP contribution in [0.1, 0.15) is 6.92 Å². The third-order valence-electron chi connectivity index (χ3n) is 0.931. The quantitative estimate of drug-likeness (QED) is 0.213. The Labute approximate surface area is 84.9 Å². The third kappa shape index (κ3) is 7.82. The molecule has 0 heterocycles. The second-order valence-electron chi connectivity index (χ2n) is 3.63. The van der Waals surface area contributed by atoms with Gasteiger partial charge in [-0.3, -0.25) is 4.48 Å². The van der Waals surface area contributed by atoms with Crippen molar-refractivity contribution in [1.82, 2.24) is 0 Å². The molecule has 0 saturated carbocycles. The molecule has 0 bridgehead atoms. The van der Waals surface area contributed by atoms with Crippen LogP contribution in [0, 0.1) is 0 Å². The first-order valence-electron chi connectivity index (χ1n) is 3.46. The van der Waals surface area contributed by atoms with E-state index in [0.29, 0.717) is 16.8 Å². The molecule has 0 saturated heterocycles. The van der Waals surface area contributed by atoms with Crippen molar-refractivity contribution in [2.24, 2.45) is 0 Å². The summed E-state index contributed by atoms with van der Waals surface area (Å²) in [5.74, 6) is -0.321. The van der Waals surface area contributed by atoms with E-state index in [2.05, 4.69) is 6.58 Å². The Balaban J connectivity index is 0. The van der Waals surface area contributed by atoms with Gasteiger partial charge in [-0.15, -0.1) is 0 Å². The second-order valence-corrected chi connectivity index (χ2v) is 3.63. The van der Waals surface area contributed by atoms with Gasteiger partial charge in [0.15, 0.2) is 0 Å². The fraction of sp³-hybridized carbons (Fsp3) is 0.625. The molecule has 0 aliphatic heterocycles. The van der Waals surface area contributed by atoms with Crippen molar-refractivity contribution in [1.29, 1.82) is 0 Å². The van der Waals surface area contributed by atoms with Crippen molar-refractivity contribution in [3.8, 4) is 0 Å². The van der Waals surface area contributed by atoms with Crippen molar-refractivity contribution in [3.63, 3.8) is 0 Å². The van der Waals surface area contributed by atoms with E-state index < -0.39 is 0 Å². The van der Waals surface area contributed by atoms with E-state index in [1.54, 1.807) is 6.92 Å². The summed E-state index contributed by atoms with van der Waals surface area (Å²) in [5.41, 5.74) is 0.443. The molecule has 0 spiro atoms. The van der Waals surface area contributed by atoms with Gasteiger partial charge in [0.1, 0.15) is 0 Å². The van der Waals surface area contributed by atoms with Gasteiger partial charge >= 0.3 is 23.6 Å². The molecule has 0 aliphatic carbocycles. The Morgan fingerprint density at radius 3 is 2.08 bits per heavy atom. The molecule has 0 amide bonds. The molecule has 12 heavy (non-hydrogen) atoms. The topological polar surface area (TPSA) is 26.3 Å². The summed E-state index contributed by atoms with van der Waals surface area (Å²) in [7, 11) is 5.85. The van der Waals surface area contributed by atoms with Crippen LogP contribution in [0.25, 0.3) is 0 Å². The summed E-state index contributed by atoms with van der Waals surface area (Å²) >= 11 is 0. The first-order chi connectivity index (χ1) is 4.83. The van der Waals surface area contributed by atoms with E-state index in [0.717, 1.165) is 0 Å². The Kier molecular flexibility index (Phi) is 6.38. The van der Waals surface area contributed by atoms with Gasteiger partial charge in [0.25, 0.3) is 0 Å². The molecule has 0 N–H and O–H groups in total. The van der Waals surface area contributed by atoms with Gasteiger partial charge in [0.2, 0.25) is 6.73 Å². The van der Waals surface area contributed by atoms with Crippen molar-refractivity contribution in [3.05, 3.63) is 12.2 Å². The van der Waals surface area contributed by atoms with Gasteiger partial charge in [0, 0.05) is 5.57 Å². The molecule has 0 fully saturated rings. The van der Waals surface area contributed by atoms with Crippen LogP contribution in [0.4, 0.5) is 0 Å². The zero-order valence-corrected chi connectivity index (χ0v) is 7.68. The second kappa shape index (κ2) is 5.37. The zero-order valence-electron chi connectivity index (χ0n) is 7.68. The summed E-state index contributed by atoms with van der Waals surface area (Å²) in [4.78, 5) is 10.9. The Morgan fingerprint density at radius 1 is 1.42 bits per heavy atom. The van der Waals surface area contributed by atoms with Gasteiger partial charge in [0.05, 0.1) is 21.1 Å². The molecule has 0 unspecified atom stereocenters. The van der Waals surface area contributed by atoms with Crippen molar-refractivity contribution in [2.45, 2.75) is 6.92 Å². The summed E-state index contributed by atoms with van der Waals surface area (Å²) in [6.07, 6.45) is 0. The number of quaternary nitrogens is 1. The number of rotatable bonds is 3. The standard InChI is InChI=1S/C8H16NO2.GeH4/c1-7(2)8(10)11-6-9(3,4)5;/h1,6H2,2-5H3;1H4/q+1;. The fourth-order valence-corrected chi connectivity index (χ4v) is 0.375. The van der Waals surface area contributed by atoms with Crippen LogP contribution in [-0.4, -0.2) is 55.9 Å². The predicted octanol–water partition coefficient (Wildman–Crippen LogP) is -0.682. The molecule has 0 rings (SSSR count). The molecule has 0 radical (unpaired) electrons. The molecule has 0 atom stereocenters. The molecule has 3 nitrogen and oxygen atoms in total. The molecule has 0 aromatic carbocycles. The number of ether oxygens (including phenoxy) is 1. The first-order valence-corrected chi connectivity index (χ1v) is 3.46. The summed E-state index contributed by atoms with van der Waals surface area (Å²) in [6.45, 7) is 5.49. The van der Waals surface area contributed by atoms with Crippen molar-refractivity contribution < 1.29 is 14.0 Å². The molecular formula is C8H20GeNO2+. The fourth-order valence-electron chi connectivity index (χ4n) is 0.375. The number of carbonyl (C=O) groups is 1. The summed E-state index contributed by atoms with van der Waals surface area (Å²) in [6, 6.07) is 0. The zero-order chi connectivity index (χ0) is 9.07. The van der Waals surface area contributed by atoms with Crippen molar-refractivity contribution >= 4 is 23.6 Å². The Morgan fingerprint density at radius 2 is 1.83 bits per heavy atom. The third-order valence-corrected chi connectivity index (χ3v) is 0.931. The number of hydrogen-bond acceptors (Lipinski definition) is 2. The molecule has 4 heteroatoms. The monoisotopic (exact) mass is 236 g/mol. The van der Waals surface area contributed by atoms with Gasteiger partial charge in [-0.2, -0.15) is 0 Å². The summed E-state index contributed by atoms with van der Waals surface area (Å²) in [5, 5.41) is 0. The average Bonchev–Trinajstić information content (AvgIpc) is 1.80. The van der Waals surface area contributed by atoms with E-state index >= 15 is 0 Å². The molecular weight excluding hydrogens is 215 g/mol. The number of hydrogen-bond donors (Lipinski definition) is 0. The van der Waals surface area contributed by atoms with Gasteiger partial charge < -0.3 is 4.74 Å². The Hall–Kier alpha value is -0.287. The molecule has 0 aliphatic rings. The van der Waals surface area contributed by atoms with Crippen LogP contribution >= 0.6 is 0 Å². The van der Waals surface area contributed by atoms with Gasteiger partial charge in [-0.25, -0.2) is 4.79 Å². The van der Waals surface area contributed by atoms with Crippen LogP contribution in [0.15, 0.2) is 12.2 Å². The Bertz CT molecular complexity index is 172. The van der Waals surface area contributed by atoms with E-state index in [1.807, 2.05) is 21.1 Å². The predicted molar refractivity (Wildman–Crippen MR) is 55.1 cm³/mol. The number of carbonyl (C=O) groups excluding carboxylic acids is 1. The molecule has 0 aromatic rings. The van der Waals surface area contributed by atoms with E-state index in [1.165, 1.54) is 0 Å². The maximum absolute atomic E-state index is 10.9. The first kappa shape index (κ1) is 14.2. The van der Waals surface area contributed by atoms with Gasteiger partial charge in [-0.05, 0) is 6.92 Å². The van der Waals surface area contributed by atoms with Crippen molar-refractivity contribution in [2.75, 3.05) is 27.9 Å². The van der Waals surface area contributed by atoms with E-state index in [-0.39, 0.29) is 23.6 Å². The van der Waals surface area contributed by atoms with E-state index in [9.17, 15) is 4.79 Å². The minimum absolute atomic E-state index is 0. The van der Waals surface area contributed by atoms with Gasteiger partial charge in [-0.1, -0.05) is 6.58 Å².